The summed E-state index contributed by atoms with van der Waals surface area (Å²) < 4.78 is 46.9. The number of carbonyl (C=O) groups is 2. The van der Waals surface area contributed by atoms with Crippen molar-refractivity contribution in [3.63, 3.8) is 0 Å². The molecular weight excluding hydrogens is 303 g/mol. The average Bonchev–Trinajstić information content (AvgIpc) is 2.29. The van der Waals surface area contributed by atoms with E-state index in [0.29, 0.717) is 0 Å². The van der Waals surface area contributed by atoms with Gasteiger partial charge in [0.15, 0.2) is 0 Å². The largest absolute Gasteiger partial charge is 0.416 e. The van der Waals surface area contributed by atoms with Crippen LogP contribution in [0.4, 0.5) is 18.9 Å². The molecule has 0 unspecified atom stereocenters. The lowest BCUT2D eigenvalue weighted by atomic mass is 10.2. The number of anilines is 1. The Morgan fingerprint density at radius 1 is 1.20 bits per heavy atom. The zero-order chi connectivity index (χ0) is 14.9. The van der Waals surface area contributed by atoms with Crippen molar-refractivity contribution in [2.45, 2.75) is 19.0 Å². The molecule has 1 heterocycles. The lowest BCUT2D eigenvalue weighted by Gasteiger charge is -2.24. The van der Waals surface area contributed by atoms with Gasteiger partial charge in [0, 0.05) is 0 Å². The number of alkyl halides is 3. The summed E-state index contributed by atoms with van der Waals surface area (Å²) in [5.41, 5.74) is -1.12. The molecule has 0 amide bonds. The minimum atomic E-state index is -4.55. The summed E-state index contributed by atoms with van der Waals surface area (Å²) in [5, 5.41) is 2.26. The van der Waals surface area contributed by atoms with Gasteiger partial charge in [-0.3, -0.25) is 9.59 Å². The molecule has 0 bridgehead atoms. The molecule has 5 nitrogen and oxygen atoms in total. The Hall–Kier alpha value is -1.96. The molecule has 0 spiro atoms. The van der Waals surface area contributed by atoms with Crippen molar-refractivity contribution in [2.24, 2.45) is 0 Å². The lowest BCUT2D eigenvalue weighted by molar-refractivity contribution is -0.197. The Bertz CT molecular complexity index is 545. The fourth-order valence-corrected chi connectivity index (χ4v) is 1.63. The first-order chi connectivity index (χ1) is 9.25. The molecular formula is C11H7ClF3NO4. The first kappa shape index (κ1) is 14.4. The number of hydrogen-bond acceptors (Lipinski definition) is 5. The molecule has 0 saturated carbocycles. The standard InChI is InChI=1S/C11H7ClF3NO4/c12-6-2-1-5(11(13,14)15)3-7(6)16-10-19-8(17)4-9(18)20-10/h1-3,10,16H,4H2. The Kier molecular flexibility index (Phi) is 3.76. The number of carbonyl (C=O) groups excluding carboxylic acids is 2. The van der Waals surface area contributed by atoms with Crippen LogP contribution in [0.1, 0.15) is 12.0 Å². The molecule has 0 radical (unpaired) electrons. The fourth-order valence-electron chi connectivity index (χ4n) is 1.46. The molecule has 0 aromatic heterocycles. The second kappa shape index (κ2) is 5.20. The molecule has 1 aromatic carbocycles. The highest BCUT2D eigenvalue weighted by atomic mass is 35.5. The summed E-state index contributed by atoms with van der Waals surface area (Å²) >= 11 is 5.73. The number of cyclic esters (lactones) is 2. The van der Waals surface area contributed by atoms with Gasteiger partial charge in [-0.05, 0) is 18.2 Å². The van der Waals surface area contributed by atoms with E-state index >= 15 is 0 Å². The molecule has 20 heavy (non-hydrogen) atoms. The number of hydrogen-bond donors (Lipinski definition) is 1. The maximum absolute atomic E-state index is 12.6. The van der Waals surface area contributed by atoms with E-state index in [4.69, 9.17) is 11.6 Å². The van der Waals surface area contributed by atoms with Gasteiger partial charge in [-0.15, -0.1) is 0 Å². The van der Waals surface area contributed by atoms with Crippen molar-refractivity contribution in [2.75, 3.05) is 5.32 Å². The van der Waals surface area contributed by atoms with Gasteiger partial charge in [0.2, 0.25) is 0 Å². The maximum Gasteiger partial charge on any atom is 0.416 e. The zero-order valence-corrected chi connectivity index (χ0v) is 10.4. The van der Waals surface area contributed by atoms with Crippen molar-refractivity contribution in [3.8, 4) is 0 Å². The van der Waals surface area contributed by atoms with Gasteiger partial charge >= 0.3 is 24.5 Å². The van der Waals surface area contributed by atoms with Gasteiger partial charge < -0.3 is 14.8 Å². The number of esters is 2. The van der Waals surface area contributed by atoms with Crippen LogP contribution in [0.3, 0.4) is 0 Å². The first-order valence-electron chi connectivity index (χ1n) is 5.28. The van der Waals surface area contributed by atoms with Crippen molar-refractivity contribution in [1.29, 1.82) is 0 Å². The molecule has 2 rings (SSSR count). The highest BCUT2D eigenvalue weighted by molar-refractivity contribution is 6.33. The lowest BCUT2D eigenvalue weighted by Crippen LogP contribution is -2.37. The Morgan fingerprint density at radius 3 is 2.35 bits per heavy atom. The molecule has 108 valence electrons. The number of nitrogens with one attached hydrogen (secondary N) is 1. The third kappa shape index (κ3) is 3.32. The Morgan fingerprint density at radius 2 is 1.80 bits per heavy atom. The zero-order valence-electron chi connectivity index (χ0n) is 9.66. The fraction of sp³-hybridized carbons (Fsp3) is 0.273. The third-order valence-corrected chi connectivity index (χ3v) is 2.66. The van der Waals surface area contributed by atoms with E-state index in [1.54, 1.807) is 0 Å². The van der Waals surface area contributed by atoms with E-state index in [2.05, 4.69) is 14.8 Å². The second-order valence-electron chi connectivity index (χ2n) is 3.83. The summed E-state index contributed by atoms with van der Waals surface area (Å²) in [5.74, 6) is -1.69. The van der Waals surface area contributed by atoms with Crippen molar-refractivity contribution < 1.29 is 32.2 Å². The molecule has 1 aliphatic heterocycles. The molecule has 0 atom stereocenters. The molecule has 0 aliphatic carbocycles. The van der Waals surface area contributed by atoms with E-state index < -0.39 is 36.5 Å². The van der Waals surface area contributed by atoms with Crippen LogP contribution in [-0.4, -0.2) is 18.4 Å². The topological polar surface area (TPSA) is 64.6 Å². The number of halogens is 4. The van der Waals surface area contributed by atoms with E-state index in [9.17, 15) is 22.8 Å². The number of benzene rings is 1. The maximum atomic E-state index is 12.6. The summed E-state index contributed by atoms with van der Waals surface area (Å²) in [7, 11) is 0. The van der Waals surface area contributed by atoms with Crippen LogP contribution in [0.2, 0.25) is 5.02 Å². The molecule has 1 saturated heterocycles. The van der Waals surface area contributed by atoms with Crippen LogP contribution in [-0.2, 0) is 25.2 Å². The van der Waals surface area contributed by atoms with Gasteiger partial charge in [-0.25, -0.2) is 0 Å². The van der Waals surface area contributed by atoms with Gasteiger partial charge in [-0.1, -0.05) is 11.6 Å². The SMILES string of the molecule is O=C1CC(=O)OC(Nc2cc(C(F)(F)F)ccc2Cl)O1. The predicted octanol–water partition coefficient (Wildman–Crippen LogP) is 2.54. The van der Waals surface area contributed by atoms with Gasteiger partial charge in [-0.2, -0.15) is 13.2 Å². The van der Waals surface area contributed by atoms with Crippen LogP contribution >= 0.6 is 11.6 Å². The monoisotopic (exact) mass is 309 g/mol. The van der Waals surface area contributed by atoms with Gasteiger partial charge in [0.05, 0.1) is 16.3 Å². The van der Waals surface area contributed by atoms with Crippen LogP contribution < -0.4 is 5.32 Å². The Labute approximate surface area is 115 Å². The highest BCUT2D eigenvalue weighted by Gasteiger charge is 2.32. The first-order valence-corrected chi connectivity index (χ1v) is 5.66. The third-order valence-electron chi connectivity index (χ3n) is 2.33. The minimum Gasteiger partial charge on any atom is -0.406 e. The van der Waals surface area contributed by atoms with Crippen LogP contribution in [0.25, 0.3) is 0 Å². The Balaban J connectivity index is 2.20. The van der Waals surface area contributed by atoms with Crippen molar-refractivity contribution >= 4 is 29.2 Å². The van der Waals surface area contributed by atoms with Crippen LogP contribution in [0.15, 0.2) is 18.2 Å². The summed E-state index contributed by atoms with van der Waals surface area (Å²) in [6.45, 7) is 0. The molecule has 9 heteroatoms. The minimum absolute atomic E-state index is 0.0457. The van der Waals surface area contributed by atoms with Crippen molar-refractivity contribution in [3.05, 3.63) is 28.8 Å². The highest BCUT2D eigenvalue weighted by Crippen LogP contribution is 2.34. The summed E-state index contributed by atoms with van der Waals surface area (Å²) in [6.07, 6.45) is -6.61. The quantitative estimate of drug-likeness (QED) is 0.672. The van der Waals surface area contributed by atoms with E-state index in [-0.39, 0.29) is 10.7 Å². The van der Waals surface area contributed by atoms with E-state index in [1.165, 1.54) is 0 Å². The predicted molar refractivity (Wildman–Crippen MR) is 60.7 cm³/mol. The van der Waals surface area contributed by atoms with E-state index in [0.717, 1.165) is 18.2 Å². The van der Waals surface area contributed by atoms with Crippen molar-refractivity contribution in [1.82, 2.24) is 0 Å². The summed E-state index contributed by atoms with van der Waals surface area (Å²) in [4.78, 5) is 22.0. The molecule has 1 N–H and O–H groups in total. The van der Waals surface area contributed by atoms with Gasteiger partial charge in [0.1, 0.15) is 6.42 Å². The molecule has 1 fully saturated rings. The average molecular weight is 310 g/mol. The van der Waals surface area contributed by atoms with Crippen LogP contribution in [0.5, 0.6) is 0 Å². The normalized spacial score (nSPS) is 16.6. The number of rotatable bonds is 2. The second-order valence-corrected chi connectivity index (χ2v) is 4.23. The molecule has 1 aromatic rings. The van der Waals surface area contributed by atoms with Crippen LogP contribution in [0, 0.1) is 0 Å². The smallest absolute Gasteiger partial charge is 0.406 e. The molecule has 1 aliphatic rings. The number of ether oxygens (including phenoxy) is 2. The van der Waals surface area contributed by atoms with E-state index in [1.807, 2.05) is 0 Å². The van der Waals surface area contributed by atoms with Gasteiger partial charge in [0.25, 0.3) is 0 Å². The summed E-state index contributed by atoms with van der Waals surface area (Å²) in [6, 6.07) is 2.55.